The van der Waals surface area contributed by atoms with Crippen LogP contribution in [0.25, 0.3) is 0 Å². The van der Waals surface area contributed by atoms with Crippen molar-refractivity contribution in [1.82, 2.24) is 4.98 Å². The number of hydrogen-bond acceptors (Lipinski definition) is 4. The smallest absolute Gasteiger partial charge is 0.223 e. The van der Waals surface area contributed by atoms with Gasteiger partial charge in [0.2, 0.25) is 5.91 Å². The molecule has 0 spiro atoms. The van der Waals surface area contributed by atoms with Gasteiger partial charge in [0.15, 0.2) is 0 Å². The minimum Gasteiger partial charge on any atom is -0.339 e. The molecule has 0 bridgehead atoms. The van der Waals surface area contributed by atoms with E-state index < -0.39 is 14.9 Å². The van der Waals surface area contributed by atoms with Crippen LogP contribution in [-0.4, -0.2) is 34.6 Å². The van der Waals surface area contributed by atoms with Crippen molar-refractivity contribution in [1.29, 1.82) is 0 Å². The van der Waals surface area contributed by atoms with Gasteiger partial charge >= 0.3 is 0 Å². The van der Waals surface area contributed by atoms with Crippen LogP contribution in [0, 0.1) is 0 Å². The van der Waals surface area contributed by atoms with Crippen LogP contribution in [0.5, 0.6) is 0 Å². The first-order valence-corrected chi connectivity index (χ1v) is 7.71. The second-order valence-corrected chi connectivity index (χ2v) is 6.46. The summed E-state index contributed by atoms with van der Waals surface area (Å²) in [6, 6.07) is 2.17. The van der Waals surface area contributed by atoms with Gasteiger partial charge in [0, 0.05) is 19.3 Å². The van der Waals surface area contributed by atoms with E-state index in [0.717, 1.165) is 12.6 Å². The van der Waals surface area contributed by atoms with Crippen molar-refractivity contribution >= 4 is 8.96 Å². The summed E-state index contributed by atoms with van der Waals surface area (Å²) in [6.07, 6.45) is 1.28. The lowest BCUT2D eigenvalue weighted by Crippen LogP contribution is -2.50. The van der Waals surface area contributed by atoms with Crippen LogP contribution in [-0.2, 0) is 9.47 Å². The Morgan fingerprint density at radius 3 is 2.43 bits per heavy atom. The molecule has 0 radical (unpaired) electrons. The standard InChI is InChI=1S/C9H22N2O2Si/c1-3-12-9(10,13-4-2)8-14-7-5-6-11-14/h11,14H,3-8,10H2,1-2H3. The van der Waals surface area contributed by atoms with Crippen molar-refractivity contribution in [2.24, 2.45) is 5.73 Å². The van der Waals surface area contributed by atoms with Gasteiger partial charge in [0.1, 0.15) is 8.96 Å². The van der Waals surface area contributed by atoms with Gasteiger partial charge in [0.25, 0.3) is 0 Å². The third-order valence-electron chi connectivity index (χ3n) is 2.47. The molecule has 1 fully saturated rings. The highest BCUT2D eigenvalue weighted by Gasteiger charge is 2.32. The molecule has 1 heterocycles. The van der Waals surface area contributed by atoms with Crippen LogP contribution in [0.3, 0.4) is 0 Å². The van der Waals surface area contributed by atoms with Gasteiger partial charge in [0.05, 0.1) is 0 Å². The molecule has 1 rings (SSSR count). The highest BCUT2D eigenvalue weighted by molar-refractivity contribution is 6.57. The zero-order valence-corrected chi connectivity index (χ0v) is 10.4. The van der Waals surface area contributed by atoms with Crippen LogP contribution in [0.1, 0.15) is 20.3 Å². The molecule has 0 amide bonds. The van der Waals surface area contributed by atoms with Crippen molar-refractivity contribution in [2.45, 2.75) is 38.3 Å². The molecule has 14 heavy (non-hydrogen) atoms. The number of nitrogens with one attached hydrogen (secondary N) is 1. The number of ether oxygens (including phenoxy) is 2. The van der Waals surface area contributed by atoms with Crippen LogP contribution in [0.4, 0.5) is 0 Å². The zero-order chi connectivity index (χ0) is 10.4. The molecule has 1 unspecified atom stereocenters. The van der Waals surface area contributed by atoms with E-state index in [1.165, 1.54) is 12.5 Å². The van der Waals surface area contributed by atoms with Crippen molar-refractivity contribution in [3.63, 3.8) is 0 Å². The molecule has 1 aliphatic rings. The van der Waals surface area contributed by atoms with E-state index >= 15 is 0 Å². The Morgan fingerprint density at radius 2 is 2.00 bits per heavy atom. The lowest BCUT2D eigenvalue weighted by Gasteiger charge is -2.30. The molecule has 0 aromatic heterocycles. The molecule has 5 heteroatoms. The fraction of sp³-hybridized carbons (Fsp3) is 1.00. The van der Waals surface area contributed by atoms with Gasteiger partial charge in [-0.25, -0.2) is 0 Å². The highest BCUT2D eigenvalue weighted by Crippen LogP contribution is 2.18. The first kappa shape index (κ1) is 12.1. The Hall–Kier alpha value is 0.0569. The average molecular weight is 218 g/mol. The molecule has 0 aromatic rings. The second kappa shape index (κ2) is 5.82. The number of hydrogen-bond donors (Lipinski definition) is 2. The first-order chi connectivity index (χ1) is 6.70. The van der Waals surface area contributed by atoms with Crippen molar-refractivity contribution in [3.05, 3.63) is 0 Å². The molecule has 0 aliphatic carbocycles. The van der Waals surface area contributed by atoms with Crippen LogP contribution >= 0.6 is 0 Å². The SMILES string of the molecule is CCOC(N)(C[SiH]1CCCN1)OCC. The molecule has 3 N–H and O–H groups in total. The van der Waals surface area contributed by atoms with Crippen LogP contribution in [0.15, 0.2) is 0 Å². The molecule has 1 saturated heterocycles. The summed E-state index contributed by atoms with van der Waals surface area (Å²) < 4.78 is 11.0. The monoisotopic (exact) mass is 218 g/mol. The fourth-order valence-corrected chi connectivity index (χ4v) is 4.71. The summed E-state index contributed by atoms with van der Waals surface area (Å²) in [5, 5.41) is 0. The van der Waals surface area contributed by atoms with Gasteiger partial charge in [-0.05, 0) is 32.9 Å². The summed E-state index contributed by atoms with van der Waals surface area (Å²) in [6.45, 7) is 6.26. The summed E-state index contributed by atoms with van der Waals surface area (Å²) in [5.41, 5.74) is 6.05. The third kappa shape index (κ3) is 3.66. The summed E-state index contributed by atoms with van der Waals surface area (Å²) in [7, 11) is -0.894. The van der Waals surface area contributed by atoms with Gasteiger partial charge in [-0.3, -0.25) is 5.73 Å². The fourth-order valence-electron chi connectivity index (χ4n) is 1.92. The maximum absolute atomic E-state index is 6.05. The van der Waals surface area contributed by atoms with Gasteiger partial charge < -0.3 is 14.5 Å². The maximum Gasteiger partial charge on any atom is 0.223 e. The van der Waals surface area contributed by atoms with E-state index in [2.05, 4.69) is 4.98 Å². The molecular formula is C9H22N2O2Si. The Kier molecular flexibility index (Phi) is 5.04. The lowest BCUT2D eigenvalue weighted by atomic mass is 10.5. The predicted octanol–water partition coefficient (Wildman–Crippen LogP) is 0.389. The van der Waals surface area contributed by atoms with Crippen molar-refractivity contribution in [2.75, 3.05) is 19.8 Å². The van der Waals surface area contributed by atoms with E-state index in [-0.39, 0.29) is 0 Å². The summed E-state index contributed by atoms with van der Waals surface area (Å²) in [5.74, 6) is -0.836. The topological polar surface area (TPSA) is 56.5 Å². The normalized spacial score (nSPS) is 22.9. The average Bonchev–Trinajstić information content (AvgIpc) is 2.57. The largest absolute Gasteiger partial charge is 0.339 e. The molecule has 1 aliphatic heterocycles. The Labute approximate surface area is 87.8 Å². The number of nitrogens with two attached hydrogens (primary N) is 1. The zero-order valence-electron chi connectivity index (χ0n) is 9.21. The predicted molar refractivity (Wildman–Crippen MR) is 59.6 cm³/mol. The Balaban J connectivity index is 2.39. The summed E-state index contributed by atoms with van der Waals surface area (Å²) in [4.78, 5) is 3.53. The van der Waals surface area contributed by atoms with E-state index in [9.17, 15) is 0 Å². The van der Waals surface area contributed by atoms with E-state index in [1.54, 1.807) is 0 Å². The Bertz CT molecular complexity index is 157. The summed E-state index contributed by atoms with van der Waals surface area (Å²) >= 11 is 0. The molecule has 4 nitrogen and oxygen atoms in total. The van der Waals surface area contributed by atoms with E-state index in [1.807, 2.05) is 13.8 Å². The van der Waals surface area contributed by atoms with Crippen molar-refractivity contribution < 1.29 is 9.47 Å². The molecule has 0 saturated carbocycles. The van der Waals surface area contributed by atoms with E-state index in [4.69, 9.17) is 15.2 Å². The maximum atomic E-state index is 6.05. The third-order valence-corrected chi connectivity index (χ3v) is 5.50. The van der Waals surface area contributed by atoms with Gasteiger partial charge in [-0.15, -0.1) is 0 Å². The van der Waals surface area contributed by atoms with Crippen LogP contribution < -0.4 is 10.7 Å². The van der Waals surface area contributed by atoms with Gasteiger partial charge in [-0.2, -0.15) is 0 Å². The van der Waals surface area contributed by atoms with E-state index in [0.29, 0.717) is 13.2 Å². The minimum absolute atomic E-state index is 0.609. The number of rotatable bonds is 6. The van der Waals surface area contributed by atoms with Crippen molar-refractivity contribution in [3.8, 4) is 0 Å². The van der Waals surface area contributed by atoms with Gasteiger partial charge in [-0.1, -0.05) is 0 Å². The quantitative estimate of drug-likeness (QED) is 0.500. The van der Waals surface area contributed by atoms with Crippen LogP contribution in [0.2, 0.25) is 12.1 Å². The molecule has 84 valence electrons. The minimum atomic E-state index is -0.894. The highest BCUT2D eigenvalue weighted by atomic mass is 28.3. The molecule has 1 atom stereocenters. The second-order valence-electron chi connectivity index (χ2n) is 3.68. The molecular weight excluding hydrogens is 196 g/mol. The lowest BCUT2D eigenvalue weighted by molar-refractivity contribution is -0.216. The molecule has 0 aromatic carbocycles. The first-order valence-electron chi connectivity index (χ1n) is 5.50. The Morgan fingerprint density at radius 1 is 1.36 bits per heavy atom.